The molecule has 0 saturated carbocycles. The number of esters is 2. The molecule has 2 aliphatic rings. The summed E-state index contributed by atoms with van der Waals surface area (Å²) in [6.45, 7) is 6.36. The number of aromatic nitrogens is 3. The molecule has 4 rings (SSSR count). The van der Waals surface area contributed by atoms with Crippen LogP contribution in [0.2, 0.25) is 0 Å². The topological polar surface area (TPSA) is 167 Å². The van der Waals surface area contributed by atoms with Gasteiger partial charge in [0.25, 0.3) is 11.8 Å². The van der Waals surface area contributed by atoms with E-state index in [1.54, 1.807) is 38.4 Å². The minimum absolute atomic E-state index is 0.0904. The number of amides is 2. The highest BCUT2D eigenvalue weighted by molar-refractivity contribution is 8.01. The van der Waals surface area contributed by atoms with Gasteiger partial charge in [-0.05, 0) is 44.3 Å². The molecule has 0 spiro atoms. The molecule has 1 saturated heterocycles. The highest BCUT2D eigenvalue weighted by Crippen LogP contribution is 2.42. The number of fused-ring (bicyclic) bond motifs is 1. The second-order valence-corrected chi connectivity index (χ2v) is 13.7. The third kappa shape index (κ3) is 6.67. The second-order valence-electron chi connectivity index (χ2n) is 9.67. The first-order valence-electron chi connectivity index (χ1n) is 12.1. The number of thiazole rings is 1. The molecule has 2 aliphatic heterocycles. The standard InChI is InChI=1S/C24H28N6O6S4/c1-5-6-13(14-10-39-23(25)27-14)18(31)28-16-19(32)30-17(21(33)35-11-36-22(34)24(2,3)4)12(9-38-20(16)30)8-37-15-7-26-29-40-15/h6-7,10,16,20H,5,8-9,11H2,1-4H3,(H2,25,27)(H,28,31)/t16-,20+/m1/s1. The number of β-lactam (4-membered cyclic amide) rings is 1. The van der Waals surface area contributed by atoms with E-state index in [1.165, 1.54) is 51.3 Å². The Hall–Kier alpha value is -2.95. The maximum Gasteiger partial charge on any atom is 0.357 e. The van der Waals surface area contributed by atoms with Crippen molar-refractivity contribution in [3.8, 4) is 0 Å². The number of nitrogens with two attached hydrogens (primary N) is 1. The number of thioether (sulfide) groups is 2. The molecular weight excluding hydrogens is 597 g/mol. The molecule has 2 aromatic heterocycles. The van der Waals surface area contributed by atoms with Crippen LogP contribution in [0.4, 0.5) is 5.13 Å². The van der Waals surface area contributed by atoms with Gasteiger partial charge in [0.1, 0.15) is 21.3 Å². The van der Waals surface area contributed by atoms with Crippen LogP contribution in [-0.4, -0.2) is 72.9 Å². The minimum Gasteiger partial charge on any atom is -0.427 e. The molecule has 214 valence electrons. The zero-order valence-electron chi connectivity index (χ0n) is 22.2. The number of carbonyl (C=O) groups is 4. The van der Waals surface area contributed by atoms with E-state index in [4.69, 9.17) is 15.2 Å². The van der Waals surface area contributed by atoms with Crippen molar-refractivity contribution in [1.29, 1.82) is 0 Å². The van der Waals surface area contributed by atoms with Crippen molar-refractivity contribution in [2.75, 3.05) is 24.0 Å². The van der Waals surface area contributed by atoms with Crippen LogP contribution in [0.15, 0.2) is 33.1 Å². The fourth-order valence-electron chi connectivity index (χ4n) is 3.73. The summed E-state index contributed by atoms with van der Waals surface area (Å²) < 4.78 is 15.1. The van der Waals surface area contributed by atoms with Crippen molar-refractivity contribution in [3.63, 3.8) is 0 Å². The quantitative estimate of drug-likeness (QED) is 0.131. The summed E-state index contributed by atoms with van der Waals surface area (Å²) in [6.07, 6.45) is 3.93. The molecule has 2 atom stereocenters. The van der Waals surface area contributed by atoms with E-state index in [0.29, 0.717) is 39.9 Å². The Labute approximate surface area is 247 Å². The molecule has 3 N–H and O–H groups in total. The van der Waals surface area contributed by atoms with Crippen molar-refractivity contribution in [1.82, 2.24) is 24.8 Å². The third-order valence-corrected chi connectivity index (χ3v) is 9.63. The fraction of sp³-hybridized carbons (Fsp3) is 0.458. The number of ether oxygens (including phenoxy) is 2. The SMILES string of the molecule is CCC=C(C(=O)N[C@@H]1C(=O)N2C(C(=O)OCOC(=O)C(C)(C)C)=C(CSc3cnns3)CS[C@@H]12)c1csc(N)n1. The van der Waals surface area contributed by atoms with Gasteiger partial charge in [0.15, 0.2) is 5.13 Å². The summed E-state index contributed by atoms with van der Waals surface area (Å²) in [5.41, 5.74) is 6.51. The number of rotatable bonds is 10. The molecule has 16 heteroatoms. The van der Waals surface area contributed by atoms with Crippen molar-refractivity contribution in [2.24, 2.45) is 5.41 Å². The Kier molecular flexibility index (Phi) is 9.53. The monoisotopic (exact) mass is 624 g/mol. The molecule has 0 radical (unpaired) electrons. The summed E-state index contributed by atoms with van der Waals surface area (Å²) in [5, 5.41) is 8.13. The van der Waals surface area contributed by atoms with Crippen LogP contribution < -0.4 is 11.1 Å². The van der Waals surface area contributed by atoms with E-state index in [2.05, 4.69) is 19.9 Å². The molecule has 0 bridgehead atoms. The van der Waals surface area contributed by atoms with Crippen molar-refractivity contribution in [3.05, 3.63) is 34.6 Å². The Balaban J connectivity index is 1.50. The average molecular weight is 625 g/mol. The van der Waals surface area contributed by atoms with E-state index in [0.717, 1.165) is 4.21 Å². The van der Waals surface area contributed by atoms with Gasteiger partial charge in [-0.3, -0.25) is 19.3 Å². The van der Waals surface area contributed by atoms with Crippen molar-refractivity contribution >= 4 is 80.9 Å². The number of anilines is 1. The lowest BCUT2D eigenvalue weighted by atomic mass is 9.98. The number of carbonyl (C=O) groups excluding carboxylic acids is 4. The Morgan fingerprint density at radius 2 is 2.08 bits per heavy atom. The lowest BCUT2D eigenvalue weighted by molar-refractivity contribution is -0.173. The first-order valence-corrected chi connectivity index (χ1v) is 15.8. The lowest BCUT2D eigenvalue weighted by Gasteiger charge is -2.49. The normalized spacial score (nSPS) is 19.1. The van der Waals surface area contributed by atoms with Crippen LogP contribution in [0.25, 0.3) is 5.57 Å². The van der Waals surface area contributed by atoms with Gasteiger partial charge in [0.2, 0.25) is 6.79 Å². The van der Waals surface area contributed by atoms with E-state index in [1.807, 2.05) is 6.92 Å². The number of allylic oxidation sites excluding steroid dienone is 1. The fourth-order valence-corrected chi connectivity index (χ4v) is 7.20. The molecule has 1 fully saturated rings. The van der Waals surface area contributed by atoms with Gasteiger partial charge >= 0.3 is 11.9 Å². The number of nitrogens with one attached hydrogen (secondary N) is 1. The van der Waals surface area contributed by atoms with Crippen LogP contribution in [0.5, 0.6) is 0 Å². The van der Waals surface area contributed by atoms with Gasteiger partial charge in [-0.25, -0.2) is 9.78 Å². The highest BCUT2D eigenvalue weighted by atomic mass is 32.2. The van der Waals surface area contributed by atoms with Crippen LogP contribution >= 0.6 is 46.4 Å². The van der Waals surface area contributed by atoms with E-state index >= 15 is 0 Å². The summed E-state index contributed by atoms with van der Waals surface area (Å²) in [6, 6.07) is -0.852. The Bertz CT molecular complexity index is 1350. The largest absolute Gasteiger partial charge is 0.427 e. The second kappa shape index (κ2) is 12.7. The number of nitrogens with zero attached hydrogens (tertiary/aromatic N) is 4. The molecule has 40 heavy (non-hydrogen) atoms. The maximum absolute atomic E-state index is 13.4. The van der Waals surface area contributed by atoms with Crippen molar-refractivity contribution < 1.29 is 28.7 Å². The van der Waals surface area contributed by atoms with Gasteiger partial charge in [-0.15, -0.1) is 40.0 Å². The predicted octanol–water partition coefficient (Wildman–Crippen LogP) is 2.91. The van der Waals surface area contributed by atoms with E-state index < -0.39 is 47.4 Å². The first-order chi connectivity index (χ1) is 19.0. The molecule has 0 aromatic carbocycles. The van der Waals surface area contributed by atoms with E-state index in [-0.39, 0.29) is 5.70 Å². The summed E-state index contributed by atoms with van der Waals surface area (Å²) in [4.78, 5) is 57.4. The van der Waals surface area contributed by atoms with Gasteiger partial charge in [-0.1, -0.05) is 17.5 Å². The zero-order chi connectivity index (χ0) is 29.0. The number of nitrogen functional groups attached to an aromatic ring is 1. The average Bonchev–Trinajstić information content (AvgIpc) is 3.59. The lowest BCUT2D eigenvalue weighted by Crippen LogP contribution is -2.70. The number of hydrogen-bond donors (Lipinski definition) is 2. The summed E-state index contributed by atoms with van der Waals surface area (Å²) in [7, 11) is 0. The van der Waals surface area contributed by atoms with Crippen LogP contribution in [-0.2, 0) is 28.7 Å². The highest BCUT2D eigenvalue weighted by Gasteiger charge is 2.54. The van der Waals surface area contributed by atoms with Gasteiger partial charge < -0.3 is 20.5 Å². The smallest absolute Gasteiger partial charge is 0.357 e. The van der Waals surface area contributed by atoms with Crippen LogP contribution in [0.3, 0.4) is 0 Å². The molecule has 2 amide bonds. The zero-order valence-corrected chi connectivity index (χ0v) is 25.4. The Morgan fingerprint density at radius 3 is 2.70 bits per heavy atom. The van der Waals surface area contributed by atoms with E-state index in [9.17, 15) is 19.2 Å². The van der Waals surface area contributed by atoms with Gasteiger partial charge in [-0.2, -0.15) is 0 Å². The molecular formula is C24H28N6O6S4. The molecule has 4 heterocycles. The summed E-state index contributed by atoms with van der Waals surface area (Å²) >= 11 is 5.31. The maximum atomic E-state index is 13.4. The minimum atomic E-state index is -0.852. The molecule has 0 unspecified atom stereocenters. The molecule has 2 aromatic rings. The molecule has 0 aliphatic carbocycles. The first kappa shape index (κ1) is 30.0. The number of hydrogen-bond acceptors (Lipinski definition) is 14. The molecule has 12 nitrogen and oxygen atoms in total. The third-order valence-electron chi connectivity index (χ3n) is 5.70. The van der Waals surface area contributed by atoms with Crippen molar-refractivity contribution in [2.45, 2.75) is 49.7 Å². The van der Waals surface area contributed by atoms with Crippen LogP contribution in [0.1, 0.15) is 39.8 Å². The predicted molar refractivity (Wildman–Crippen MR) is 154 cm³/mol. The van der Waals surface area contributed by atoms with Gasteiger partial charge in [0, 0.05) is 16.9 Å². The van der Waals surface area contributed by atoms with Gasteiger partial charge in [0.05, 0.1) is 22.9 Å². The summed E-state index contributed by atoms with van der Waals surface area (Å²) in [5.74, 6) is -1.39. The van der Waals surface area contributed by atoms with Crippen LogP contribution in [0, 0.1) is 5.41 Å². The Morgan fingerprint density at radius 1 is 1.30 bits per heavy atom.